The Morgan fingerprint density at radius 2 is 1.76 bits per heavy atom. The van der Waals surface area contributed by atoms with Crippen molar-refractivity contribution in [2.75, 3.05) is 50.5 Å². The van der Waals surface area contributed by atoms with E-state index < -0.39 is 22.1 Å². The number of fused-ring (bicyclic) bond motifs is 6. The SMILES string of the molecule is CCC(=O)c1c(-c2ccc(F)cc2)oc2cc(N(C)S(C)(=O)=O)c(-c3ccc4c(n3)-c3cc5c(F)cccc5n3C(CN3CCOCC3)O4)cc12. The smallest absolute Gasteiger partial charge is 0.232 e. The highest BCUT2D eigenvalue weighted by atomic mass is 32.2. The van der Waals surface area contributed by atoms with Crippen molar-refractivity contribution in [3.05, 3.63) is 90.0 Å². The standard InChI is InChI=1S/C38H34F2N4O6S/c1-4-32(45)36-26-18-25(30(42(2)51(3,46)47)20-34(26)50-38(36)22-8-10-23(39)11-9-22)28-12-13-33-37(41-28)31-19-24-27(40)6-5-7-29(24)44(31)35(49-33)21-43-14-16-48-17-15-43/h5-13,18-20,35H,4,14-17,21H2,1-3H3. The first kappa shape index (κ1) is 33.1. The van der Waals surface area contributed by atoms with Gasteiger partial charge >= 0.3 is 0 Å². The number of aromatic nitrogens is 2. The first-order valence-electron chi connectivity index (χ1n) is 16.6. The number of hydrogen-bond donors (Lipinski definition) is 0. The number of benzene rings is 3. The van der Waals surface area contributed by atoms with Gasteiger partial charge in [-0.15, -0.1) is 0 Å². The fourth-order valence-corrected chi connectivity index (χ4v) is 7.45. The molecule has 13 heteroatoms. The zero-order valence-corrected chi connectivity index (χ0v) is 29.0. The molecule has 6 aromatic rings. The minimum atomic E-state index is -3.77. The molecule has 1 saturated heterocycles. The van der Waals surface area contributed by atoms with E-state index in [4.69, 9.17) is 18.9 Å². The molecule has 1 atom stereocenters. The summed E-state index contributed by atoms with van der Waals surface area (Å²) in [5.41, 5.74) is 3.93. The van der Waals surface area contributed by atoms with Crippen LogP contribution in [0.3, 0.4) is 0 Å². The molecule has 1 unspecified atom stereocenters. The Bertz CT molecular complexity index is 2450. The van der Waals surface area contributed by atoms with Gasteiger partial charge in [-0.2, -0.15) is 0 Å². The molecule has 2 aliphatic rings. The number of morpholine rings is 1. The highest BCUT2D eigenvalue weighted by molar-refractivity contribution is 7.92. The molecule has 8 rings (SSSR count). The lowest BCUT2D eigenvalue weighted by atomic mass is 9.97. The number of pyridine rings is 1. The Kier molecular flexibility index (Phi) is 8.16. The van der Waals surface area contributed by atoms with Gasteiger partial charge in [0.25, 0.3) is 0 Å². The van der Waals surface area contributed by atoms with Crippen LogP contribution >= 0.6 is 0 Å². The summed E-state index contributed by atoms with van der Waals surface area (Å²) >= 11 is 0. The van der Waals surface area contributed by atoms with Gasteiger partial charge in [0.2, 0.25) is 10.0 Å². The van der Waals surface area contributed by atoms with Gasteiger partial charge in [-0.25, -0.2) is 22.2 Å². The molecule has 0 saturated carbocycles. The molecular formula is C38H34F2N4O6S. The second kappa shape index (κ2) is 12.6. The van der Waals surface area contributed by atoms with E-state index in [1.807, 2.05) is 10.6 Å². The molecule has 2 aliphatic heterocycles. The van der Waals surface area contributed by atoms with Gasteiger partial charge in [0.15, 0.2) is 12.0 Å². The maximum Gasteiger partial charge on any atom is 0.232 e. The van der Waals surface area contributed by atoms with E-state index in [0.717, 1.165) is 23.7 Å². The van der Waals surface area contributed by atoms with E-state index in [1.165, 1.54) is 37.4 Å². The molecule has 0 N–H and O–H groups in total. The van der Waals surface area contributed by atoms with Crippen LogP contribution in [0.2, 0.25) is 0 Å². The zero-order valence-electron chi connectivity index (χ0n) is 28.2. The number of Topliss-reactive ketones (excluding diaryl/α,β-unsaturated/α-hetero) is 1. The number of anilines is 1. The summed E-state index contributed by atoms with van der Waals surface area (Å²) in [5, 5.41) is 0.885. The van der Waals surface area contributed by atoms with Crippen LogP contribution in [0.25, 0.3) is 55.8 Å². The number of ketones is 1. The summed E-state index contributed by atoms with van der Waals surface area (Å²) < 4.78 is 76.5. The molecule has 51 heavy (non-hydrogen) atoms. The van der Waals surface area contributed by atoms with Crippen molar-refractivity contribution in [1.82, 2.24) is 14.5 Å². The molecule has 3 aromatic heterocycles. The number of ether oxygens (including phenoxy) is 2. The molecule has 0 spiro atoms. The van der Waals surface area contributed by atoms with Crippen LogP contribution in [0.1, 0.15) is 29.9 Å². The summed E-state index contributed by atoms with van der Waals surface area (Å²) in [7, 11) is -2.34. The highest BCUT2D eigenvalue weighted by Gasteiger charge is 2.33. The lowest BCUT2D eigenvalue weighted by Gasteiger charge is -2.35. The average Bonchev–Trinajstić information content (AvgIpc) is 3.71. The van der Waals surface area contributed by atoms with Crippen LogP contribution in [0.5, 0.6) is 5.75 Å². The summed E-state index contributed by atoms with van der Waals surface area (Å²) in [6.45, 7) is 5.00. The molecule has 0 bridgehead atoms. The van der Waals surface area contributed by atoms with Crippen LogP contribution in [-0.2, 0) is 14.8 Å². The molecule has 1 fully saturated rings. The highest BCUT2D eigenvalue weighted by Crippen LogP contribution is 2.45. The largest absolute Gasteiger partial charge is 0.466 e. The van der Waals surface area contributed by atoms with E-state index in [1.54, 1.807) is 43.3 Å². The van der Waals surface area contributed by atoms with E-state index in [-0.39, 0.29) is 35.1 Å². The number of halogens is 2. The molecule has 0 aliphatic carbocycles. The number of sulfonamides is 1. The van der Waals surface area contributed by atoms with Crippen molar-refractivity contribution < 1.29 is 35.9 Å². The number of carbonyl (C=O) groups is 1. The fraction of sp³-hybridized carbons (Fsp3) is 0.263. The van der Waals surface area contributed by atoms with Gasteiger partial charge in [-0.1, -0.05) is 13.0 Å². The summed E-state index contributed by atoms with van der Waals surface area (Å²) in [6.07, 6.45) is 0.790. The summed E-state index contributed by atoms with van der Waals surface area (Å²) in [6, 6.07) is 19.1. The molecule has 3 aromatic carbocycles. The molecule has 0 amide bonds. The number of nitrogens with zero attached hydrogens (tertiary/aromatic N) is 4. The van der Waals surface area contributed by atoms with Crippen LogP contribution < -0.4 is 9.04 Å². The van der Waals surface area contributed by atoms with Crippen LogP contribution in [0.15, 0.2) is 77.2 Å². The van der Waals surface area contributed by atoms with Crippen LogP contribution in [0, 0.1) is 11.6 Å². The quantitative estimate of drug-likeness (QED) is 0.152. The summed E-state index contributed by atoms with van der Waals surface area (Å²) in [5.74, 6) is -0.255. The molecular weight excluding hydrogens is 679 g/mol. The minimum Gasteiger partial charge on any atom is -0.466 e. The summed E-state index contributed by atoms with van der Waals surface area (Å²) in [4.78, 5) is 20.8. The van der Waals surface area contributed by atoms with Gasteiger partial charge in [-0.05, 0) is 60.7 Å². The molecule has 0 radical (unpaired) electrons. The Balaban J connectivity index is 1.33. The molecule has 262 valence electrons. The van der Waals surface area contributed by atoms with Crippen molar-refractivity contribution in [2.45, 2.75) is 19.6 Å². The Morgan fingerprint density at radius 1 is 1.00 bits per heavy atom. The van der Waals surface area contributed by atoms with Gasteiger partial charge < -0.3 is 18.5 Å². The Labute approximate surface area is 292 Å². The Morgan fingerprint density at radius 3 is 2.49 bits per heavy atom. The second-order valence-corrected chi connectivity index (χ2v) is 14.8. The zero-order chi connectivity index (χ0) is 35.6. The van der Waals surface area contributed by atoms with E-state index in [2.05, 4.69) is 4.90 Å². The first-order valence-corrected chi connectivity index (χ1v) is 18.5. The third kappa shape index (κ3) is 5.75. The monoisotopic (exact) mass is 712 g/mol. The third-order valence-electron chi connectivity index (χ3n) is 9.63. The van der Waals surface area contributed by atoms with Crippen molar-refractivity contribution in [1.29, 1.82) is 0 Å². The van der Waals surface area contributed by atoms with Crippen molar-refractivity contribution in [3.8, 4) is 39.7 Å². The van der Waals surface area contributed by atoms with E-state index >= 15 is 4.39 Å². The maximum atomic E-state index is 15.2. The second-order valence-electron chi connectivity index (χ2n) is 12.8. The number of furan rings is 1. The average molecular weight is 713 g/mol. The van der Waals surface area contributed by atoms with Crippen molar-refractivity contribution in [3.63, 3.8) is 0 Å². The van der Waals surface area contributed by atoms with E-state index in [0.29, 0.717) is 75.6 Å². The fourth-order valence-electron chi connectivity index (χ4n) is 6.94. The predicted octanol–water partition coefficient (Wildman–Crippen LogP) is 7.27. The topological polar surface area (TPSA) is 107 Å². The maximum absolute atomic E-state index is 15.2. The van der Waals surface area contributed by atoms with Gasteiger partial charge in [0.1, 0.15) is 34.4 Å². The van der Waals surface area contributed by atoms with E-state index in [9.17, 15) is 17.6 Å². The lowest BCUT2D eigenvalue weighted by molar-refractivity contribution is 0.00441. The van der Waals surface area contributed by atoms with Crippen LogP contribution in [-0.4, -0.2) is 74.8 Å². The minimum absolute atomic E-state index is 0.171. The first-order chi connectivity index (χ1) is 24.5. The third-order valence-corrected chi connectivity index (χ3v) is 10.8. The lowest BCUT2D eigenvalue weighted by Crippen LogP contribution is -2.41. The van der Waals surface area contributed by atoms with Gasteiger partial charge in [0, 0.05) is 54.5 Å². The van der Waals surface area contributed by atoms with Gasteiger partial charge in [0.05, 0.1) is 54.2 Å². The van der Waals surface area contributed by atoms with Crippen LogP contribution in [0.4, 0.5) is 14.5 Å². The molecule has 5 heterocycles. The Hall–Kier alpha value is -5.11. The normalized spacial score (nSPS) is 16.2. The van der Waals surface area contributed by atoms with Gasteiger partial charge in [-0.3, -0.25) is 14.0 Å². The van der Waals surface area contributed by atoms with Crippen molar-refractivity contribution >= 4 is 43.4 Å². The number of hydrogen-bond acceptors (Lipinski definition) is 8. The predicted molar refractivity (Wildman–Crippen MR) is 191 cm³/mol. The molecule has 10 nitrogen and oxygen atoms in total. The number of rotatable bonds is 8. The number of carbonyl (C=O) groups excluding carboxylic acids is 1. The van der Waals surface area contributed by atoms with Crippen molar-refractivity contribution in [2.24, 2.45) is 0 Å².